The van der Waals surface area contributed by atoms with Gasteiger partial charge in [0.25, 0.3) is 0 Å². The molecular weight excluding hydrogens is 416 g/mol. The fraction of sp³-hybridized carbons (Fsp3) is 0.708. The van der Waals surface area contributed by atoms with Crippen LogP contribution in [0.3, 0.4) is 0 Å². The number of aryl methyl sites for hydroxylation is 1. The Bertz CT molecular complexity index is 889. The van der Waals surface area contributed by atoms with Crippen molar-refractivity contribution in [3.8, 4) is 5.75 Å². The van der Waals surface area contributed by atoms with Gasteiger partial charge in [0.2, 0.25) is 6.29 Å². The Hall–Kier alpha value is -1.71. The van der Waals surface area contributed by atoms with E-state index in [9.17, 15) is 30.3 Å². The van der Waals surface area contributed by atoms with E-state index in [1.807, 2.05) is 12.1 Å². The standard InChI is InChI=1S/C24H32O8/c1-24-9-8-14-13-5-3-12(10-11(13)2-4-15(14)16(24)6-7-17(24)25)31-23-20(28)18(26)19(27)21(32-23)22(29)30/h3,5,10,14-21,23,25-28H,2,4,6-9H2,1H3,(H,29,30)/t14-,15+,16+,17-,18?,19-,20?,21?,23+,24-/m0/s1. The molecule has 0 radical (unpaired) electrons. The highest BCUT2D eigenvalue weighted by molar-refractivity contribution is 5.73. The van der Waals surface area contributed by atoms with Gasteiger partial charge in [0.15, 0.2) is 6.10 Å². The van der Waals surface area contributed by atoms with Gasteiger partial charge in [0, 0.05) is 0 Å². The first-order valence-corrected chi connectivity index (χ1v) is 11.6. The van der Waals surface area contributed by atoms with Gasteiger partial charge >= 0.3 is 5.97 Å². The third kappa shape index (κ3) is 3.35. The zero-order valence-electron chi connectivity index (χ0n) is 18.1. The number of aliphatic hydroxyl groups excluding tert-OH is 4. The van der Waals surface area contributed by atoms with Crippen LogP contribution in [-0.2, 0) is 16.0 Å². The summed E-state index contributed by atoms with van der Waals surface area (Å²) in [5.41, 5.74) is 2.51. The zero-order valence-corrected chi connectivity index (χ0v) is 18.1. The van der Waals surface area contributed by atoms with Crippen LogP contribution in [-0.4, -0.2) is 68.3 Å². The smallest absolute Gasteiger partial charge is 0.335 e. The molecule has 4 aliphatic rings. The van der Waals surface area contributed by atoms with E-state index in [-0.39, 0.29) is 11.5 Å². The van der Waals surface area contributed by atoms with Crippen LogP contribution in [0.4, 0.5) is 0 Å². The van der Waals surface area contributed by atoms with Crippen LogP contribution in [0.1, 0.15) is 56.1 Å². The van der Waals surface area contributed by atoms with E-state index < -0.39 is 36.7 Å². The molecule has 0 spiro atoms. The fourth-order valence-corrected chi connectivity index (χ4v) is 6.89. The first-order chi connectivity index (χ1) is 15.2. The Morgan fingerprint density at radius 3 is 2.59 bits per heavy atom. The lowest BCUT2D eigenvalue weighted by Crippen LogP contribution is -2.61. The lowest BCUT2D eigenvalue weighted by Gasteiger charge is -2.50. The van der Waals surface area contributed by atoms with Crippen molar-refractivity contribution >= 4 is 5.97 Å². The molecule has 3 unspecified atom stereocenters. The topological polar surface area (TPSA) is 137 Å². The minimum Gasteiger partial charge on any atom is -0.479 e. The molecule has 0 bridgehead atoms. The van der Waals surface area contributed by atoms with Crippen LogP contribution in [0, 0.1) is 17.3 Å². The number of rotatable bonds is 3. The van der Waals surface area contributed by atoms with E-state index in [0.717, 1.165) is 38.5 Å². The lowest BCUT2D eigenvalue weighted by atomic mass is 9.55. The SMILES string of the molecule is C[C@]12CC[C@H]3c4ccc(O[C@@H]5OC(C(=O)O)[C@@H](O)C(O)C5O)cc4CC[C@H]3[C@H]1CC[C@@H]2O. The molecule has 176 valence electrons. The number of carboxylic acids is 1. The van der Waals surface area contributed by atoms with E-state index in [4.69, 9.17) is 9.47 Å². The van der Waals surface area contributed by atoms with Gasteiger partial charge in [-0.05, 0) is 85.0 Å². The Kier molecular flexibility index (Phi) is 5.49. The van der Waals surface area contributed by atoms with Gasteiger partial charge in [0.1, 0.15) is 24.1 Å². The number of ether oxygens (including phenoxy) is 2. The second kappa shape index (κ2) is 7.95. The molecule has 2 saturated carbocycles. The summed E-state index contributed by atoms with van der Waals surface area (Å²) in [5.74, 6) is 0.570. The first kappa shape index (κ1) is 22.1. The van der Waals surface area contributed by atoms with E-state index in [1.54, 1.807) is 6.07 Å². The molecule has 1 aromatic carbocycles. The van der Waals surface area contributed by atoms with E-state index in [2.05, 4.69) is 6.92 Å². The van der Waals surface area contributed by atoms with E-state index >= 15 is 0 Å². The summed E-state index contributed by atoms with van der Waals surface area (Å²) in [4.78, 5) is 11.3. The van der Waals surface area contributed by atoms with Gasteiger partial charge in [-0.1, -0.05) is 13.0 Å². The number of hydrogen-bond donors (Lipinski definition) is 5. The molecule has 5 rings (SSSR count). The molecule has 5 N–H and O–H groups in total. The van der Waals surface area contributed by atoms with Crippen molar-refractivity contribution < 1.29 is 39.8 Å². The van der Waals surface area contributed by atoms with Crippen molar-refractivity contribution in [3.05, 3.63) is 29.3 Å². The molecule has 3 fully saturated rings. The maximum Gasteiger partial charge on any atom is 0.335 e. The van der Waals surface area contributed by atoms with Crippen LogP contribution in [0.5, 0.6) is 5.75 Å². The highest BCUT2D eigenvalue weighted by atomic mass is 16.7. The monoisotopic (exact) mass is 448 g/mol. The number of carboxylic acid groups (broad SMARTS) is 1. The Balaban J connectivity index is 1.34. The molecule has 1 heterocycles. The van der Waals surface area contributed by atoms with Gasteiger partial charge < -0.3 is 35.0 Å². The summed E-state index contributed by atoms with van der Waals surface area (Å²) in [6, 6.07) is 5.75. The van der Waals surface area contributed by atoms with Crippen molar-refractivity contribution in [1.82, 2.24) is 0 Å². The van der Waals surface area contributed by atoms with Crippen LogP contribution < -0.4 is 4.74 Å². The number of fused-ring (bicyclic) bond motifs is 5. The van der Waals surface area contributed by atoms with Crippen molar-refractivity contribution in [1.29, 1.82) is 0 Å². The van der Waals surface area contributed by atoms with Crippen molar-refractivity contribution in [2.45, 2.75) is 88.2 Å². The number of carbonyl (C=O) groups is 1. The van der Waals surface area contributed by atoms with Crippen LogP contribution in [0.15, 0.2) is 18.2 Å². The Labute approximate surface area is 186 Å². The molecule has 3 aliphatic carbocycles. The number of aliphatic carboxylic acids is 1. The normalized spacial score (nSPS) is 45.5. The second-order valence-corrected chi connectivity index (χ2v) is 10.3. The van der Waals surface area contributed by atoms with Gasteiger partial charge in [-0.25, -0.2) is 4.79 Å². The average molecular weight is 449 g/mol. The highest BCUT2D eigenvalue weighted by Gasteiger charge is 2.54. The molecule has 0 amide bonds. The minimum absolute atomic E-state index is 0.0300. The van der Waals surface area contributed by atoms with Crippen molar-refractivity contribution in [2.75, 3.05) is 0 Å². The quantitative estimate of drug-likeness (QED) is 0.465. The highest BCUT2D eigenvalue weighted by Crippen LogP contribution is 2.60. The number of benzene rings is 1. The molecule has 8 nitrogen and oxygen atoms in total. The molecular formula is C24H32O8. The number of hydrogen-bond acceptors (Lipinski definition) is 7. The zero-order chi connectivity index (χ0) is 22.8. The van der Waals surface area contributed by atoms with Gasteiger partial charge in [-0.15, -0.1) is 0 Å². The maximum atomic E-state index is 11.3. The van der Waals surface area contributed by atoms with Gasteiger partial charge in [-0.3, -0.25) is 0 Å². The molecule has 0 aromatic heterocycles. The summed E-state index contributed by atoms with van der Waals surface area (Å²) in [5, 5.41) is 49.8. The first-order valence-electron chi connectivity index (χ1n) is 11.6. The van der Waals surface area contributed by atoms with Crippen LogP contribution in [0.25, 0.3) is 0 Å². The molecule has 1 aromatic rings. The summed E-state index contributed by atoms with van der Waals surface area (Å²) in [6.07, 6.45) is -2.28. The van der Waals surface area contributed by atoms with E-state index in [0.29, 0.717) is 23.5 Å². The van der Waals surface area contributed by atoms with Crippen LogP contribution in [0.2, 0.25) is 0 Å². The van der Waals surface area contributed by atoms with E-state index in [1.165, 1.54) is 11.1 Å². The predicted molar refractivity (Wildman–Crippen MR) is 112 cm³/mol. The van der Waals surface area contributed by atoms with Crippen molar-refractivity contribution in [2.24, 2.45) is 17.3 Å². The lowest BCUT2D eigenvalue weighted by molar-refractivity contribution is -0.271. The third-order valence-corrected chi connectivity index (χ3v) is 8.71. The molecule has 1 aliphatic heterocycles. The Morgan fingerprint density at radius 1 is 1.06 bits per heavy atom. The Morgan fingerprint density at radius 2 is 1.84 bits per heavy atom. The van der Waals surface area contributed by atoms with Crippen LogP contribution >= 0.6 is 0 Å². The molecule has 1 saturated heterocycles. The second-order valence-electron chi connectivity index (χ2n) is 10.3. The molecule has 32 heavy (non-hydrogen) atoms. The van der Waals surface area contributed by atoms with Gasteiger partial charge in [-0.2, -0.15) is 0 Å². The van der Waals surface area contributed by atoms with Gasteiger partial charge in [0.05, 0.1) is 6.10 Å². The molecule has 10 atom stereocenters. The summed E-state index contributed by atoms with van der Waals surface area (Å²) < 4.78 is 11.0. The molecule has 8 heteroatoms. The summed E-state index contributed by atoms with van der Waals surface area (Å²) in [7, 11) is 0. The van der Waals surface area contributed by atoms with Crippen molar-refractivity contribution in [3.63, 3.8) is 0 Å². The third-order valence-electron chi connectivity index (χ3n) is 8.71. The largest absolute Gasteiger partial charge is 0.479 e. The summed E-state index contributed by atoms with van der Waals surface area (Å²) in [6.45, 7) is 2.25. The number of aliphatic hydroxyl groups is 4. The predicted octanol–water partition coefficient (Wildman–Crippen LogP) is 1.17. The summed E-state index contributed by atoms with van der Waals surface area (Å²) >= 11 is 0. The average Bonchev–Trinajstić information content (AvgIpc) is 3.08. The fourth-order valence-electron chi connectivity index (χ4n) is 6.89. The maximum absolute atomic E-state index is 11.3. The minimum atomic E-state index is -1.74.